The minimum atomic E-state index is -2.71. The van der Waals surface area contributed by atoms with Crippen molar-refractivity contribution in [1.29, 1.82) is 0 Å². The molecule has 0 bridgehead atoms. The van der Waals surface area contributed by atoms with Gasteiger partial charge in [0.15, 0.2) is 9.84 Å². The first-order chi connectivity index (χ1) is 6.66. The van der Waals surface area contributed by atoms with Crippen molar-refractivity contribution in [3.63, 3.8) is 0 Å². The highest BCUT2D eigenvalue weighted by molar-refractivity contribution is 7.91. The Morgan fingerprint density at radius 1 is 1.36 bits per heavy atom. The summed E-state index contributed by atoms with van der Waals surface area (Å²) in [7, 11) is -2.71. The van der Waals surface area contributed by atoms with Crippen LogP contribution in [0.2, 0.25) is 0 Å². The van der Waals surface area contributed by atoms with E-state index >= 15 is 0 Å². The van der Waals surface area contributed by atoms with Gasteiger partial charge in [-0.25, -0.2) is 8.42 Å². The molecule has 0 radical (unpaired) electrons. The van der Waals surface area contributed by atoms with Crippen LogP contribution < -0.4 is 5.32 Å². The van der Waals surface area contributed by atoms with Crippen LogP contribution in [0.4, 0.5) is 0 Å². The van der Waals surface area contributed by atoms with Crippen LogP contribution in [0.5, 0.6) is 0 Å². The number of nitrogens with one attached hydrogen (secondary N) is 1. The van der Waals surface area contributed by atoms with Gasteiger partial charge in [0.25, 0.3) is 0 Å². The lowest BCUT2D eigenvalue weighted by atomic mass is 10.1. The summed E-state index contributed by atoms with van der Waals surface area (Å²) >= 11 is 0. The summed E-state index contributed by atoms with van der Waals surface area (Å²) in [6, 6.07) is 0. The Morgan fingerprint density at radius 3 is 2.64 bits per heavy atom. The van der Waals surface area contributed by atoms with E-state index in [0.29, 0.717) is 30.1 Å². The Morgan fingerprint density at radius 2 is 2.14 bits per heavy atom. The first-order valence-corrected chi connectivity index (χ1v) is 7.00. The van der Waals surface area contributed by atoms with Crippen molar-refractivity contribution in [3.8, 4) is 0 Å². The van der Waals surface area contributed by atoms with E-state index in [1.807, 2.05) is 0 Å². The standard InChI is InChI=1S/C9H17NO3S/c11-14(12)4-2-8(7-14)1-3-13-9-5-10-6-9/h8-10H,1-7H2. The monoisotopic (exact) mass is 219 g/mol. The zero-order valence-electron chi connectivity index (χ0n) is 8.24. The smallest absolute Gasteiger partial charge is 0.150 e. The topological polar surface area (TPSA) is 55.4 Å². The molecule has 2 aliphatic rings. The summed E-state index contributed by atoms with van der Waals surface area (Å²) < 4.78 is 27.9. The molecule has 0 aromatic rings. The summed E-state index contributed by atoms with van der Waals surface area (Å²) in [5.74, 6) is 1.09. The van der Waals surface area contributed by atoms with Gasteiger partial charge < -0.3 is 10.1 Å². The Balaban J connectivity index is 1.62. The third-order valence-corrected chi connectivity index (χ3v) is 4.79. The number of hydrogen-bond donors (Lipinski definition) is 1. The fourth-order valence-electron chi connectivity index (χ4n) is 1.88. The molecule has 14 heavy (non-hydrogen) atoms. The highest BCUT2D eigenvalue weighted by Crippen LogP contribution is 2.21. The lowest BCUT2D eigenvalue weighted by molar-refractivity contribution is 0.0133. The average molecular weight is 219 g/mol. The van der Waals surface area contributed by atoms with Crippen LogP contribution in [0.15, 0.2) is 0 Å². The zero-order valence-corrected chi connectivity index (χ0v) is 9.05. The van der Waals surface area contributed by atoms with E-state index in [9.17, 15) is 8.42 Å². The number of rotatable bonds is 4. The second-order valence-corrected chi connectivity index (χ2v) is 6.44. The molecule has 1 unspecified atom stereocenters. The van der Waals surface area contributed by atoms with E-state index in [0.717, 1.165) is 25.9 Å². The molecule has 0 aromatic carbocycles. The van der Waals surface area contributed by atoms with Crippen molar-refractivity contribution in [3.05, 3.63) is 0 Å². The molecule has 1 atom stereocenters. The molecule has 2 heterocycles. The predicted octanol–water partition coefficient (Wildman–Crippen LogP) is -0.200. The molecule has 2 aliphatic heterocycles. The van der Waals surface area contributed by atoms with E-state index in [1.54, 1.807) is 0 Å². The van der Waals surface area contributed by atoms with Crippen LogP contribution in [-0.4, -0.2) is 45.7 Å². The summed E-state index contributed by atoms with van der Waals surface area (Å²) in [4.78, 5) is 0. The lowest BCUT2D eigenvalue weighted by Gasteiger charge is -2.27. The van der Waals surface area contributed by atoms with Gasteiger partial charge in [0.05, 0.1) is 17.6 Å². The average Bonchev–Trinajstić information content (AvgIpc) is 2.36. The highest BCUT2D eigenvalue weighted by Gasteiger charge is 2.27. The first-order valence-electron chi connectivity index (χ1n) is 5.18. The lowest BCUT2D eigenvalue weighted by Crippen LogP contribution is -2.48. The largest absolute Gasteiger partial charge is 0.376 e. The van der Waals surface area contributed by atoms with Gasteiger partial charge >= 0.3 is 0 Å². The molecule has 2 fully saturated rings. The van der Waals surface area contributed by atoms with E-state index in [-0.39, 0.29) is 0 Å². The van der Waals surface area contributed by atoms with Gasteiger partial charge in [0, 0.05) is 19.7 Å². The summed E-state index contributed by atoms with van der Waals surface area (Å²) in [6.45, 7) is 2.61. The fourth-order valence-corrected chi connectivity index (χ4v) is 3.79. The Hall–Kier alpha value is -0.130. The van der Waals surface area contributed by atoms with Crippen LogP contribution in [0.25, 0.3) is 0 Å². The van der Waals surface area contributed by atoms with E-state index < -0.39 is 9.84 Å². The van der Waals surface area contributed by atoms with Crippen molar-refractivity contribution in [2.45, 2.75) is 18.9 Å². The second kappa shape index (κ2) is 4.16. The van der Waals surface area contributed by atoms with Crippen molar-refractivity contribution in [1.82, 2.24) is 5.32 Å². The normalized spacial score (nSPS) is 31.6. The molecule has 2 saturated heterocycles. The van der Waals surface area contributed by atoms with Gasteiger partial charge in [-0.15, -0.1) is 0 Å². The highest BCUT2D eigenvalue weighted by atomic mass is 32.2. The Kier molecular flexibility index (Phi) is 3.09. The van der Waals surface area contributed by atoms with E-state index in [1.165, 1.54) is 0 Å². The Bertz CT molecular complexity index is 284. The molecular formula is C9H17NO3S. The molecule has 5 heteroatoms. The van der Waals surface area contributed by atoms with Gasteiger partial charge in [-0.1, -0.05) is 0 Å². The fraction of sp³-hybridized carbons (Fsp3) is 1.00. The molecule has 0 aromatic heterocycles. The molecule has 0 amide bonds. The summed E-state index contributed by atoms with van der Waals surface area (Å²) in [5.41, 5.74) is 0. The minimum absolute atomic E-state index is 0.341. The molecule has 82 valence electrons. The number of sulfone groups is 1. The van der Waals surface area contributed by atoms with Gasteiger partial charge in [-0.05, 0) is 18.8 Å². The van der Waals surface area contributed by atoms with Crippen LogP contribution in [-0.2, 0) is 14.6 Å². The number of ether oxygens (including phenoxy) is 1. The zero-order chi connectivity index (χ0) is 10.0. The first kappa shape index (κ1) is 10.4. The van der Waals surface area contributed by atoms with Crippen molar-refractivity contribution in [2.24, 2.45) is 5.92 Å². The summed E-state index contributed by atoms with van der Waals surface area (Å²) in [6.07, 6.45) is 2.10. The molecule has 0 aliphatic carbocycles. The van der Waals surface area contributed by atoms with Crippen molar-refractivity contribution >= 4 is 9.84 Å². The molecule has 0 spiro atoms. The van der Waals surface area contributed by atoms with Gasteiger partial charge in [0.2, 0.25) is 0 Å². The maximum Gasteiger partial charge on any atom is 0.150 e. The second-order valence-electron chi connectivity index (χ2n) is 4.21. The summed E-state index contributed by atoms with van der Waals surface area (Å²) in [5, 5.41) is 3.13. The van der Waals surface area contributed by atoms with Gasteiger partial charge in [-0.3, -0.25) is 0 Å². The van der Waals surface area contributed by atoms with Crippen LogP contribution in [0.3, 0.4) is 0 Å². The molecule has 1 N–H and O–H groups in total. The van der Waals surface area contributed by atoms with Gasteiger partial charge in [-0.2, -0.15) is 0 Å². The van der Waals surface area contributed by atoms with Crippen molar-refractivity contribution < 1.29 is 13.2 Å². The van der Waals surface area contributed by atoms with Crippen LogP contribution in [0, 0.1) is 5.92 Å². The molecule has 2 rings (SSSR count). The predicted molar refractivity (Wildman–Crippen MR) is 54.0 cm³/mol. The third-order valence-electron chi connectivity index (χ3n) is 2.95. The van der Waals surface area contributed by atoms with Crippen LogP contribution >= 0.6 is 0 Å². The molecule has 4 nitrogen and oxygen atoms in total. The maximum atomic E-state index is 11.2. The molecular weight excluding hydrogens is 202 g/mol. The van der Waals surface area contributed by atoms with E-state index in [2.05, 4.69) is 5.32 Å². The molecule has 0 saturated carbocycles. The third kappa shape index (κ3) is 2.68. The van der Waals surface area contributed by atoms with E-state index in [4.69, 9.17) is 4.74 Å². The van der Waals surface area contributed by atoms with Gasteiger partial charge in [0.1, 0.15) is 0 Å². The SMILES string of the molecule is O=S1(=O)CCC(CCOC2CNC2)C1. The van der Waals surface area contributed by atoms with Crippen molar-refractivity contribution in [2.75, 3.05) is 31.2 Å². The minimum Gasteiger partial charge on any atom is -0.376 e. The Labute approximate surface area is 84.9 Å². The van der Waals surface area contributed by atoms with Crippen LogP contribution in [0.1, 0.15) is 12.8 Å². The quantitative estimate of drug-likeness (QED) is 0.711. The maximum absolute atomic E-state index is 11.2. The number of hydrogen-bond acceptors (Lipinski definition) is 4.